The van der Waals surface area contributed by atoms with Gasteiger partial charge in [0, 0.05) is 29.2 Å². The van der Waals surface area contributed by atoms with Gasteiger partial charge in [0.1, 0.15) is 5.82 Å². The predicted molar refractivity (Wildman–Crippen MR) is 115 cm³/mol. The molecule has 4 rings (SSSR count). The van der Waals surface area contributed by atoms with Crippen molar-refractivity contribution >= 4 is 39.8 Å². The lowest BCUT2D eigenvalue weighted by Crippen LogP contribution is -2.21. The molecule has 2 amide bonds. The van der Waals surface area contributed by atoms with Gasteiger partial charge in [-0.1, -0.05) is 18.2 Å². The fourth-order valence-corrected chi connectivity index (χ4v) is 3.84. The van der Waals surface area contributed by atoms with Gasteiger partial charge in [-0.25, -0.2) is 4.39 Å². The van der Waals surface area contributed by atoms with Crippen LogP contribution in [0, 0.1) is 5.82 Å². The molecule has 0 bridgehead atoms. The molecular formula is C21H15FN4O2S2. The van der Waals surface area contributed by atoms with Crippen LogP contribution in [0.5, 0.6) is 0 Å². The number of halogens is 1. The minimum absolute atomic E-state index is 0.125. The monoisotopic (exact) mass is 438 g/mol. The van der Waals surface area contributed by atoms with Crippen molar-refractivity contribution in [2.24, 2.45) is 0 Å². The number of hydrogen-bond donors (Lipinski definition) is 2. The smallest absolute Gasteiger partial charge is 0.261 e. The second-order valence-corrected chi connectivity index (χ2v) is 7.94. The number of anilines is 1. The summed E-state index contributed by atoms with van der Waals surface area (Å²) in [5.41, 5.74) is 2.01. The maximum Gasteiger partial charge on any atom is 0.261 e. The largest absolute Gasteiger partial charge is 0.347 e. The number of benzene rings is 2. The van der Waals surface area contributed by atoms with Gasteiger partial charge in [0.05, 0.1) is 4.88 Å². The molecule has 2 heterocycles. The van der Waals surface area contributed by atoms with E-state index in [4.69, 9.17) is 0 Å². The van der Waals surface area contributed by atoms with E-state index >= 15 is 0 Å². The van der Waals surface area contributed by atoms with E-state index in [-0.39, 0.29) is 17.6 Å². The molecule has 0 atom stereocenters. The topological polar surface area (TPSA) is 84.0 Å². The Morgan fingerprint density at radius 1 is 0.967 bits per heavy atom. The van der Waals surface area contributed by atoms with Crippen LogP contribution in [-0.4, -0.2) is 21.2 Å². The van der Waals surface area contributed by atoms with E-state index in [9.17, 15) is 14.0 Å². The zero-order chi connectivity index (χ0) is 20.9. The average molecular weight is 439 g/mol. The summed E-state index contributed by atoms with van der Waals surface area (Å²) in [5, 5.41) is 7.76. The van der Waals surface area contributed by atoms with Gasteiger partial charge in [-0.2, -0.15) is 9.36 Å². The number of aromatic nitrogens is 2. The maximum atomic E-state index is 13.0. The number of nitrogens with zero attached hydrogens (tertiary/aromatic N) is 2. The molecule has 0 saturated carbocycles. The zero-order valence-corrected chi connectivity index (χ0v) is 17.1. The van der Waals surface area contributed by atoms with Gasteiger partial charge in [-0.15, -0.1) is 11.3 Å². The second kappa shape index (κ2) is 8.93. The zero-order valence-electron chi connectivity index (χ0n) is 15.5. The first-order valence-electron chi connectivity index (χ1n) is 8.90. The van der Waals surface area contributed by atoms with Gasteiger partial charge in [-0.3, -0.25) is 14.9 Å². The third-order valence-electron chi connectivity index (χ3n) is 4.16. The molecule has 30 heavy (non-hydrogen) atoms. The highest BCUT2D eigenvalue weighted by molar-refractivity contribution is 7.12. The van der Waals surface area contributed by atoms with Gasteiger partial charge in [0.25, 0.3) is 11.8 Å². The normalized spacial score (nSPS) is 10.6. The summed E-state index contributed by atoms with van der Waals surface area (Å²) < 4.78 is 17.2. The van der Waals surface area contributed by atoms with Crippen LogP contribution < -0.4 is 10.6 Å². The molecule has 2 aromatic carbocycles. The lowest BCUT2D eigenvalue weighted by atomic mass is 10.1. The van der Waals surface area contributed by atoms with Crippen molar-refractivity contribution in [3.63, 3.8) is 0 Å². The molecule has 2 aromatic heterocycles. The Hall–Kier alpha value is -3.43. The summed E-state index contributed by atoms with van der Waals surface area (Å²) in [7, 11) is 0. The summed E-state index contributed by atoms with van der Waals surface area (Å²) in [4.78, 5) is 29.4. The Morgan fingerprint density at radius 3 is 2.43 bits per heavy atom. The molecule has 4 aromatic rings. The number of nitrogens with one attached hydrogen (secondary N) is 2. The van der Waals surface area contributed by atoms with Gasteiger partial charge in [0.15, 0.2) is 5.82 Å². The molecule has 0 radical (unpaired) electrons. The van der Waals surface area contributed by atoms with Crippen molar-refractivity contribution in [2.75, 3.05) is 5.32 Å². The fraction of sp³-hybridized carbons (Fsp3) is 0.0476. The first-order valence-corrected chi connectivity index (χ1v) is 10.6. The number of thiophene rings is 1. The summed E-state index contributed by atoms with van der Waals surface area (Å²) in [6.07, 6.45) is 0. The minimum atomic E-state index is -0.336. The number of amides is 2. The maximum absolute atomic E-state index is 13.0. The highest BCUT2D eigenvalue weighted by Gasteiger charge is 2.12. The van der Waals surface area contributed by atoms with Crippen LogP contribution in [0.2, 0.25) is 0 Å². The van der Waals surface area contributed by atoms with E-state index in [1.165, 1.54) is 23.5 Å². The van der Waals surface area contributed by atoms with E-state index < -0.39 is 0 Å². The van der Waals surface area contributed by atoms with Crippen molar-refractivity contribution in [3.05, 3.63) is 87.9 Å². The van der Waals surface area contributed by atoms with Gasteiger partial charge in [-0.05, 0) is 53.4 Å². The van der Waals surface area contributed by atoms with Crippen molar-refractivity contribution in [3.8, 4) is 11.4 Å². The van der Waals surface area contributed by atoms with Crippen molar-refractivity contribution in [2.45, 2.75) is 6.54 Å². The van der Waals surface area contributed by atoms with Gasteiger partial charge in [0.2, 0.25) is 5.13 Å². The highest BCUT2D eigenvalue weighted by Crippen LogP contribution is 2.22. The third kappa shape index (κ3) is 4.76. The Labute approximate surface area is 179 Å². The van der Waals surface area contributed by atoms with Crippen LogP contribution in [0.3, 0.4) is 0 Å². The average Bonchev–Trinajstić information content (AvgIpc) is 3.45. The van der Waals surface area contributed by atoms with Crippen LogP contribution in [0.4, 0.5) is 9.52 Å². The molecule has 0 unspecified atom stereocenters. The van der Waals surface area contributed by atoms with E-state index in [1.54, 1.807) is 42.5 Å². The van der Waals surface area contributed by atoms with E-state index in [0.717, 1.165) is 17.1 Å². The van der Waals surface area contributed by atoms with Crippen LogP contribution in [0.15, 0.2) is 66.0 Å². The lowest BCUT2D eigenvalue weighted by Gasteiger charge is -2.06. The predicted octanol–water partition coefficient (Wildman–Crippen LogP) is 4.59. The number of carbonyl (C=O) groups is 2. The molecule has 9 heteroatoms. The van der Waals surface area contributed by atoms with Crippen LogP contribution in [-0.2, 0) is 6.54 Å². The molecule has 0 aliphatic rings. The first kappa shape index (κ1) is 19.9. The molecule has 0 aliphatic heterocycles. The van der Waals surface area contributed by atoms with Gasteiger partial charge < -0.3 is 5.32 Å². The molecule has 2 N–H and O–H groups in total. The SMILES string of the molecule is O=C(Nc1nc(-c2ccc(F)cc2)ns1)c1ccc(CNC(=O)c2cccs2)cc1. The molecule has 6 nitrogen and oxygen atoms in total. The lowest BCUT2D eigenvalue weighted by molar-refractivity contribution is 0.0953. The Balaban J connectivity index is 1.35. The standard InChI is InChI=1S/C21H15FN4O2S2/c22-16-9-7-14(8-10-16)18-24-21(30-26-18)25-19(27)15-5-3-13(4-6-15)12-23-20(28)17-2-1-11-29-17/h1-11H,12H2,(H,23,28)(H,24,25,26,27). The Bertz CT molecular complexity index is 1160. The van der Waals surface area contributed by atoms with Crippen molar-refractivity contribution in [1.82, 2.24) is 14.7 Å². The van der Waals surface area contributed by atoms with Crippen molar-refractivity contribution in [1.29, 1.82) is 0 Å². The number of hydrogen-bond acceptors (Lipinski definition) is 6. The molecular weight excluding hydrogens is 423 g/mol. The van der Waals surface area contributed by atoms with Gasteiger partial charge >= 0.3 is 0 Å². The first-order chi connectivity index (χ1) is 14.6. The fourth-order valence-electron chi connectivity index (χ4n) is 2.61. The number of carbonyl (C=O) groups excluding carboxylic acids is 2. The summed E-state index contributed by atoms with van der Waals surface area (Å²) in [5.74, 6) is -0.352. The highest BCUT2D eigenvalue weighted by atomic mass is 32.1. The second-order valence-electron chi connectivity index (χ2n) is 6.24. The van der Waals surface area contributed by atoms with E-state index in [0.29, 0.717) is 33.5 Å². The van der Waals surface area contributed by atoms with E-state index in [1.807, 2.05) is 11.4 Å². The Kier molecular flexibility index (Phi) is 5.92. The molecule has 0 spiro atoms. The quantitative estimate of drug-likeness (QED) is 0.461. The van der Waals surface area contributed by atoms with Crippen LogP contribution in [0.25, 0.3) is 11.4 Å². The molecule has 0 saturated heterocycles. The third-order valence-corrected chi connectivity index (χ3v) is 5.66. The van der Waals surface area contributed by atoms with Crippen LogP contribution >= 0.6 is 22.9 Å². The molecule has 0 fully saturated rings. The minimum Gasteiger partial charge on any atom is -0.347 e. The molecule has 150 valence electrons. The van der Waals surface area contributed by atoms with E-state index in [2.05, 4.69) is 20.0 Å². The summed E-state index contributed by atoms with van der Waals surface area (Å²) >= 11 is 2.43. The number of rotatable bonds is 6. The van der Waals surface area contributed by atoms with Crippen molar-refractivity contribution < 1.29 is 14.0 Å². The Morgan fingerprint density at radius 2 is 1.73 bits per heavy atom. The summed E-state index contributed by atoms with van der Waals surface area (Å²) in [6, 6.07) is 16.4. The summed E-state index contributed by atoms with van der Waals surface area (Å²) in [6.45, 7) is 0.371. The van der Waals surface area contributed by atoms with Crippen LogP contribution in [0.1, 0.15) is 25.6 Å². The molecule has 0 aliphatic carbocycles.